The number of piperidine rings is 1. The number of halogens is 1. The van der Waals surface area contributed by atoms with Gasteiger partial charge >= 0.3 is 5.97 Å². The van der Waals surface area contributed by atoms with E-state index in [2.05, 4.69) is 33.0 Å². The molecule has 6 rings (SSSR count). The second-order valence-corrected chi connectivity index (χ2v) is 10.5. The van der Waals surface area contributed by atoms with E-state index in [1.165, 1.54) is 6.42 Å². The Morgan fingerprint density at radius 3 is 2.67 bits per heavy atom. The largest absolute Gasteiger partial charge is 0.478 e. The fourth-order valence-electron chi connectivity index (χ4n) is 4.71. The molecular formula is C29H31ClN6O4. The number of aromatic carboxylic acids is 1. The number of nitrogens with one attached hydrogen (secondary N) is 1. The number of fused-ring (bicyclic) bond motifs is 1. The van der Waals surface area contributed by atoms with Gasteiger partial charge in [-0.15, -0.1) is 5.10 Å². The van der Waals surface area contributed by atoms with Crippen molar-refractivity contribution in [1.82, 2.24) is 24.6 Å². The highest BCUT2D eigenvalue weighted by atomic mass is 35.5. The van der Waals surface area contributed by atoms with Crippen LogP contribution in [0.25, 0.3) is 11.0 Å². The number of hydrogen-bond donors (Lipinski definition) is 2. The van der Waals surface area contributed by atoms with Crippen molar-refractivity contribution in [2.45, 2.75) is 51.5 Å². The number of nitrogens with zero attached hydrogens (tertiary/aromatic N) is 5. The number of imidazole rings is 1. The maximum absolute atomic E-state index is 11.2. The number of likely N-dealkylation sites (tertiary alicyclic amines) is 1. The van der Waals surface area contributed by atoms with Gasteiger partial charge in [0.05, 0.1) is 46.9 Å². The molecule has 1 atom stereocenters. The Morgan fingerprint density at radius 2 is 2.00 bits per heavy atom. The number of hydrogen-bond acceptors (Lipinski definition) is 7. The zero-order valence-corrected chi connectivity index (χ0v) is 23.0. The maximum Gasteiger partial charge on any atom is 0.335 e. The zero-order chi connectivity index (χ0) is 28.1. The SMILES string of the molecule is C[C@@H]1CCO1.N#Cc1cc(Cl)ccc1COc1ccn(C2CCN(Cc3nc4ccc(C(=O)O)cc4[nH]3)CC2)n1. The fourth-order valence-corrected chi connectivity index (χ4v) is 4.88. The normalized spacial score (nSPS) is 17.5. The molecule has 2 aliphatic rings. The molecule has 2 saturated heterocycles. The predicted molar refractivity (Wildman–Crippen MR) is 149 cm³/mol. The lowest BCUT2D eigenvalue weighted by Crippen LogP contribution is -2.34. The molecule has 0 aliphatic carbocycles. The number of aromatic nitrogens is 4. The molecule has 2 N–H and O–H groups in total. The molecule has 11 heteroatoms. The van der Waals surface area contributed by atoms with Crippen LogP contribution in [0.15, 0.2) is 48.7 Å². The van der Waals surface area contributed by atoms with Gasteiger partial charge in [-0.1, -0.05) is 17.7 Å². The summed E-state index contributed by atoms with van der Waals surface area (Å²) in [6.07, 6.45) is 5.65. The third-order valence-corrected chi connectivity index (χ3v) is 7.40. The third kappa shape index (κ3) is 6.80. The summed E-state index contributed by atoms with van der Waals surface area (Å²) >= 11 is 5.96. The molecule has 4 aromatic rings. The summed E-state index contributed by atoms with van der Waals surface area (Å²) in [6.45, 7) is 5.80. The van der Waals surface area contributed by atoms with Gasteiger partial charge in [-0.05, 0) is 56.5 Å². The van der Waals surface area contributed by atoms with Crippen LogP contribution in [0, 0.1) is 11.3 Å². The van der Waals surface area contributed by atoms with E-state index in [1.807, 2.05) is 16.9 Å². The second-order valence-electron chi connectivity index (χ2n) is 10.0. The second kappa shape index (κ2) is 12.5. The van der Waals surface area contributed by atoms with Crippen molar-refractivity contribution in [3.63, 3.8) is 0 Å². The molecule has 0 amide bonds. The molecule has 0 saturated carbocycles. The first-order chi connectivity index (χ1) is 19.4. The van der Waals surface area contributed by atoms with Gasteiger partial charge in [-0.2, -0.15) is 5.26 Å². The molecule has 2 fully saturated rings. The molecule has 2 aliphatic heterocycles. The zero-order valence-electron chi connectivity index (χ0n) is 22.2. The molecule has 10 nitrogen and oxygen atoms in total. The summed E-state index contributed by atoms with van der Waals surface area (Å²) in [5.74, 6) is 0.401. The van der Waals surface area contributed by atoms with Gasteiger partial charge in [-0.25, -0.2) is 9.78 Å². The average molecular weight is 563 g/mol. The van der Waals surface area contributed by atoms with Crippen LogP contribution in [0.4, 0.5) is 0 Å². The molecular weight excluding hydrogens is 532 g/mol. The minimum Gasteiger partial charge on any atom is -0.478 e. The topological polar surface area (TPSA) is 129 Å². The Hall–Kier alpha value is -3.91. The lowest BCUT2D eigenvalue weighted by Gasteiger charge is -2.31. The van der Waals surface area contributed by atoms with Gasteiger partial charge in [0, 0.05) is 42.5 Å². The van der Waals surface area contributed by atoms with Gasteiger partial charge < -0.3 is 19.6 Å². The number of carboxylic acid groups (broad SMARTS) is 1. The summed E-state index contributed by atoms with van der Waals surface area (Å²) in [5, 5.41) is 23.6. The molecule has 208 valence electrons. The Balaban J connectivity index is 0.000000582. The molecule has 40 heavy (non-hydrogen) atoms. The van der Waals surface area contributed by atoms with Crippen LogP contribution < -0.4 is 4.74 Å². The van der Waals surface area contributed by atoms with Crippen LogP contribution in [-0.2, 0) is 17.9 Å². The van der Waals surface area contributed by atoms with Gasteiger partial charge in [0.15, 0.2) is 0 Å². The number of rotatable bonds is 7. The Kier molecular flexibility index (Phi) is 8.65. The summed E-state index contributed by atoms with van der Waals surface area (Å²) in [4.78, 5) is 21.4. The highest BCUT2D eigenvalue weighted by Gasteiger charge is 2.22. The van der Waals surface area contributed by atoms with E-state index < -0.39 is 5.97 Å². The van der Waals surface area contributed by atoms with Crippen molar-refractivity contribution in [3.8, 4) is 11.9 Å². The van der Waals surface area contributed by atoms with E-state index in [0.29, 0.717) is 29.1 Å². The van der Waals surface area contributed by atoms with Crippen molar-refractivity contribution < 1.29 is 19.4 Å². The highest BCUT2D eigenvalue weighted by molar-refractivity contribution is 6.30. The average Bonchev–Trinajstić information content (AvgIpc) is 3.58. The molecule has 0 radical (unpaired) electrons. The molecule has 2 aromatic carbocycles. The number of ether oxygens (including phenoxy) is 2. The first-order valence-electron chi connectivity index (χ1n) is 13.3. The van der Waals surface area contributed by atoms with Gasteiger partial charge in [0.2, 0.25) is 5.88 Å². The quantitative estimate of drug-likeness (QED) is 0.314. The maximum atomic E-state index is 11.2. The van der Waals surface area contributed by atoms with Gasteiger partial charge in [-0.3, -0.25) is 9.58 Å². The Bertz CT molecular complexity index is 1510. The van der Waals surface area contributed by atoms with Crippen molar-refractivity contribution >= 4 is 28.6 Å². The molecule has 0 spiro atoms. The summed E-state index contributed by atoms with van der Waals surface area (Å²) in [7, 11) is 0. The molecule has 4 heterocycles. The number of H-pyrrole nitrogens is 1. The molecule has 0 bridgehead atoms. The Morgan fingerprint density at radius 1 is 1.23 bits per heavy atom. The van der Waals surface area contributed by atoms with Crippen molar-refractivity contribution in [3.05, 3.63) is 76.2 Å². The standard InChI is InChI=1S/C25H23ClN6O3.C4H8O/c26-19-3-1-17(18(11-19)13-27)15-35-24-7-10-32(30-24)20-5-8-31(9-6-20)14-23-28-21-4-2-16(25(33)34)12-22(21)29-23;1-4-2-3-5-4/h1-4,7,10-12,20H,5-6,8-9,14-15H2,(H,28,29)(H,33,34);4H,2-3H2,1H3/t;4-/m.1/s1. The predicted octanol–water partition coefficient (Wildman–Crippen LogP) is 5.19. The summed E-state index contributed by atoms with van der Waals surface area (Å²) in [6, 6.07) is 14.3. The number of carboxylic acids is 1. The van der Waals surface area contributed by atoms with Crippen LogP contribution in [0.3, 0.4) is 0 Å². The minimum absolute atomic E-state index is 0.245. The van der Waals surface area contributed by atoms with E-state index in [9.17, 15) is 15.2 Å². The number of carbonyl (C=O) groups is 1. The van der Waals surface area contributed by atoms with Crippen molar-refractivity contribution in [1.29, 1.82) is 5.26 Å². The monoisotopic (exact) mass is 562 g/mol. The van der Waals surface area contributed by atoms with E-state index in [0.717, 1.165) is 55.0 Å². The fraction of sp³-hybridized carbons (Fsp3) is 0.379. The number of benzene rings is 2. The van der Waals surface area contributed by atoms with Crippen LogP contribution in [0.2, 0.25) is 5.02 Å². The lowest BCUT2D eigenvalue weighted by atomic mass is 10.1. The van der Waals surface area contributed by atoms with Gasteiger partial charge in [0.1, 0.15) is 12.4 Å². The molecule has 2 aromatic heterocycles. The first kappa shape index (κ1) is 27.6. The summed E-state index contributed by atoms with van der Waals surface area (Å²) in [5.41, 5.74) is 3.01. The lowest BCUT2D eigenvalue weighted by molar-refractivity contribution is -0.0375. The van der Waals surface area contributed by atoms with Crippen LogP contribution in [-0.4, -0.2) is 61.5 Å². The van der Waals surface area contributed by atoms with E-state index >= 15 is 0 Å². The van der Waals surface area contributed by atoms with Crippen molar-refractivity contribution in [2.75, 3.05) is 19.7 Å². The smallest absolute Gasteiger partial charge is 0.335 e. The molecule has 0 unspecified atom stereocenters. The highest BCUT2D eigenvalue weighted by Crippen LogP contribution is 2.25. The minimum atomic E-state index is -0.950. The van der Waals surface area contributed by atoms with Crippen LogP contribution >= 0.6 is 11.6 Å². The third-order valence-electron chi connectivity index (χ3n) is 7.16. The van der Waals surface area contributed by atoms with E-state index in [1.54, 1.807) is 36.4 Å². The van der Waals surface area contributed by atoms with E-state index in [-0.39, 0.29) is 18.2 Å². The van der Waals surface area contributed by atoms with Crippen LogP contribution in [0.1, 0.15) is 59.5 Å². The van der Waals surface area contributed by atoms with Crippen molar-refractivity contribution in [2.24, 2.45) is 0 Å². The number of nitriles is 1. The van der Waals surface area contributed by atoms with Gasteiger partial charge in [0.25, 0.3) is 0 Å². The first-order valence-corrected chi connectivity index (χ1v) is 13.7. The Labute approximate surface area is 237 Å². The summed E-state index contributed by atoms with van der Waals surface area (Å²) < 4.78 is 12.7. The number of aromatic amines is 1. The van der Waals surface area contributed by atoms with E-state index in [4.69, 9.17) is 21.1 Å². The van der Waals surface area contributed by atoms with Crippen LogP contribution in [0.5, 0.6) is 5.88 Å².